The van der Waals surface area contributed by atoms with Gasteiger partial charge in [-0.3, -0.25) is 14.4 Å². The predicted molar refractivity (Wildman–Crippen MR) is 92.9 cm³/mol. The van der Waals surface area contributed by atoms with Gasteiger partial charge in [-0.2, -0.15) is 0 Å². The average molecular weight is 362 g/mol. The Bertz CT molecular complexity index is 733. The Morgan fingerprint density at radius 3 is 2.69 bits per heavy atom. The lowest BCUT2D eigenvalue weighted by atomic mass is 9.76. The second-order valence-corrected chi connectivity index (χ2v) is 7.83. The Balaban J connectivity index is 2.07. The van der Waals surface area contributed by atoms with Crippen molar-refractivity contribution in [2.24, 2.45) is 17.8 Å². The third-order valence-corrected chi connectivity index (χ3v) is 6.18. The van der Waals surface area contributed by atoms with Crippen molar-refractivity contribution in [2.75, 3.05) is 0 Å². The van der Waals surface area contributed by atoms with Crippen LogP contribution in [0.2, 0.25) is 0 Å². The van der Waals surface area contributed by atoms with Crippen molar-refractivity contribution < 1.29 is 29.0 Å². The third-order valence-electron chi connectivity index (χ3n) is 6.18. The van der Waals surface area contributed by atoms with Gasteiger partial charge in [-0.25, -0.2) is 0 Å². The molecule has 0 aromatic rings. The van der Waals surface area contributed by atoms with Crippen molar-refractivity contribution >= 4 is 17.7 Å². The van der Waals surface area contributed by atoms with Crippen LogP contribution in [0.15, 0.2) is 22.8 Å². The second-order valence-electron chi connectivity index (χ2n) is 7.83. The molecule has 0 amide bonds. The summed E-state index contributed by atoms with van der Waals surface area (Å²) in [7, 11) is 0. The minimum atomic E-state index is -1.65. The maximum absolute atomic E-state index is 12.5. The molecule has 0 spiro atoms. The second kappa shape index (κ2) is 6.34. The molecule has 0 aromatic carbocycles. The molecule has 2 aliphatic carbocycles. The molecule has 3 aliphatic rings. The van der Waals surface area contributed by atoms with Crippen molar-refractivity contribution in [2.45, 2.75) is 65.3 Å². The van der Waals surface area contributed by atoms with Crippen LogP contribution < -0.4 is 0 Å². The van der Waals surface area contributed by atoms with Gasteiger partial charge in [-0.15, -0.1) is 0 Å². The molecular formula is C20H26O6. The first-order valence-electron chi connectivity index (χ1n) is 9.19. The van der Waals surface area contributed by atoms with Gasteiger partial charge >= 0.3 is 11.9 Å². The number of hydrogen-bond donors (Lipinski definition) is 1. The first-order valence-corrected chi connectivity index (χ1v) is 9.19. The molecule has 0 bridgehead atoms. The van der Waals surface area contributed by atoms with Crippen LogP contribution in [0.3, 0.4) is 0 Å². The Morgan fingerprint density at radius 1 is 1.42 bits per heavy atom. The first-order chi connectivity index (χ1) is 12.1. The molecule has 6 nitrogen and oxygen atoms in total. The Kier molecular flexibility index (Phi) is 4.59. The van der Waals surface area contributed by atoms with E-state index in [9.17, 15) is 19.5 Å². The van der Waals surface area contributed by atoms with E-state index in [2.05, 4.69) is 0 Å². The quantitative estimate of drug-likeness (QED) is 0.774. The molecule has 0 saturated carbocycles. The van der Waals surface area contributed by atoms with E-state index in [0.717, 1.165) is 0 Å². The highest BCUT2D eigenvalue weighted by Gasteiger charge is 2.62. The number of allylic oxidation sites excluding steroid dienone is 1. The zero-order valence-corrected chi connectivity index (χ0v) is 15.9. The highest BCUT2D eigenvalue weighted by molar-refractivity contribution is 6.11. The fourth-order valence-electron chi connectivity index (χ4n) is 4.37. The average Bonchev–Trinajstić information content (AvgIpc) is 2.96. The largest absolute Gasteiger partial charge is 0.461 e. The van der Waals surface area contributed by atoms with Gasteiger partial charge in [0.25, 0.3) is 0 Å². The van der Waals surface area contributed by atoms with Gasteiger partial charge in [-0.1, -0.05) is 26.3 Å². The van der Waals surface area contributed by atoms with Crippen LogP contribution in [0.1, 0.15) is 47.5 Å². The summed E-state index contributed by atoms with van der Waals surface area (Å²) in [4.78, 5) is 37.1. The van der Waals surface area contributed by atoms with Crippen molar-refractivity contribution in [1.82, 2.24) is 0 Å². The topological polar surface area (TPSA) is 89.9 Å². The van der Waals surface area contributed by atoms with Gasteiger partial charge in [0.15, 0.2) is 11.4 Å². The van der Waals surface area contributed by atoms with E-state index in [-0.39, 0.29) is 23.2 Å². The SMILES string of the molecule is CC[C@@H](C)C(=O)O[C@H]1CC(C)=C2C(=O)C=C(C)[C@]2(O)[C@H]2OC(=O)[C@@H](C)[C@H]12. The number of aliphatic hydroxyl groups is 1. The predicted octanol–water partition coefficient (Wildman–Crippen LogP) is 2.10. The number of ketones is 1. The summed E-state index contributed by atoms with van der Waals surface area (Å²) in [5, 5.41) is 11.4. The first kappa shape index (κ1) is 18.8. The summed E-state index contributed by atoms with van der Waals surface area (Å²) in [6.07, 6.45) is 0.794. The van der Waals surface area contributed by atoms with Gasteiger partial charge in [0.2, 0.25) is 0 Å². The van der Waals surface area contributed by atoms with E-state index in [0.29, 0.717) is 24.0 Å². The summed E-state index contributed by atoms with van der Waals surface area (Å²) in [6, 6.07) is 0. The van der Waals surface area contributed by atoms with Crippen LogP contribution in [0, 0.1) is 17.8 Å². The van der Waals surface area contributed by atoms with E-state index in [4.69, 9.17) is 9.47 Å². The van der Waals surface area contributed by atoms with Gasteiger partial charge in [0.1, 0.15) is 12.2 Å². The standard InChI is InChI=1S/C20H26O6/c1-6-9(2)18(22)25-14-7-10(3)16-13(21)8-11(4)20(16,24)17-15(14)12(5)19(23)26-17/h8-9,12,14-15,17,24H,6-7H2,1-5H3/t9-,12+,14+,15-,17+,20-/m1/s1. The third kappa shape index (κ3) is 2.54. The molecule has 142 valence electrons. The number of ether oxygens (including phenoxy) is 2. The summed E-state index contributed by atoms with van der Waals surface area (Å²) in [5.74, 6) is -2.35. The zero-order chi connectivity index (χ0) is 19.4. The molecule has 6 atom stereocenters. The molecule has 1 fully saturated rings. The summed E-state index contributed by atoms with van der Waals surface area (Å²) in [6.45, 7) is 8.84. The maximum Gasteiger partial charge on any atom is 0.309 e. The summed E-state index contributed by atoms with van der Waals surface area (Å²) in [5.41, 5.74) is -0.258. The van der Waals surface area contributed by atoms with E-state index in [1.165, 1.54) is 6.08 Å². The Morgan fingerprint density at radius 2 is 2.08 bits per heavy atom. The van der Waals surface area contributed by atoms with E-state index < -0.39 is 35.6 Å². The molecule has 1 heterocycles. The van der Waals surface area contributed by atoms with E-state index in [1.807, 2.05) is 6.92 Å². The van der Waals surface area contributed by atoms with Crippen LogP contribution in [-0.2, 0) is 23.9 Å². The molecule has 0 aromatic heterocycles. The fourth-order valence-corrected chi connectivity index (χ4v) is 4.37. The number of esters is 2. The Labute approximate surface area is 153 Å². The Hall–Kier alpha value is -1.95. The monoisotopic (exact) mass is 362 g/mol. The molecule has 26 heavy (non-hydrogen) atoms. The smallest absolute Gasteiger partial charge is 0.309 e. The van der Waals surface area contributed by atoms with Gasteiger partial charge in [0.05, 0.1) is 17.8 Å². The number of carbonyl (C=O) groups excluding carboxylic acids is 3. The molecule has 3 rings (SSSR count). The van der Waals surface area contributed by atoms with Crippen LogP contribution in [0.25, 0.3) is 0 Å². The lowest BCUT2D eigenvalue weighted by molar-refractivity contribution is -0.160. The van der Waals surface area contributed by atoms with Crippen molar-refractivity contribution in [3.05, 3.63) is 22.8 Å². The molecule has 0 radical (unpaired) electrons. The lowest BCUT2D eigenvalue weighted by Crippen LogP contribution is -2.49. The van der Waals surface area contributed by atoms with Crippen LogP contribution in [0.4, 0.5) is 0 Å². The molecular weight excluding hydrogens is 336 g/mol. The molecule has 1 aliphatic heterocycles. The van der Waals surface area contributed by atoms with E-state index in [1.54, 1.807) is 27.7 Å². The van der Waals surface area contributed by atoms with E-state index >= 15 is 0 Å². The minimum Gasteiger partial charge on any atom is -0.461 e. The maximum atomic E-state index is 12.5. The molecule has 0 unspecified atom stereocenters. The highest BCUT2D eigenvalue weighted by atomic mass is 16.6. The van der Waals surface area contributed by atoms with Gasteiger partial charge in [-0.05, 0) is 31.9 Å². The number of rotatable bonds is 3. The summed E-state index contributed by atoms with van der Waals surface area (Å²) < 4.78 is 11.3. The van der Waals surface area contributed by atoms with Crippen LogP contribution in [-0.4, -0.2) is 40.6 Å². The highest BCUT2D eigenvalue weighted by Crippen LogP contribution is 2.51. The fraction of sp³-hybridized carbons (Fsp3) is 0.650. The zero-order valence-electron chi connectivity index (χ0n) is 15.9. The van der Waals surface area contributed by atoms with Crippen molar-refractivity contribution in [3.8, 4) is 0 Å². The number of carbonyl (C=O) groups is 3. The number of fused-ring (bicyclic) bond motifs is 3. The van der Waals surface area contributed by atoms with Crippen molar-refractivity contribution in [1.29, 1.82) is 0 Å². The van der Waals surface area contributed by atoms with Crippen molar-refractivity contribution in [3.63, 3.8) is 0 Å². The van der Waals surface area contributed by atoms with Crippen LogP contribution in [0.5, 0.6) is 0 Å². The molecule has 1 saturated heterocycles. The summed E-state index contributed by atoms with van der Waals surface area (Å²) >= 11 is 0. The van der Waals surface area contributed by atoms with Gasteiger partial charge < -0.3 is 14.6 Å². The molecule has 6 heteroatoms. The number of hydrogen-bond acceptors (Lipinski definition) is 6. The lowest BCUT2D eigenvalue weighted by Gasteiger charge is -2.35. The molecule has 1 N–H and O–H groups in total. The van der Waals surface area contributed by atoms with Gasteiger partial charge in [0, 0.05) is 12.0 Å². The van der Waals surface area contributed by atoms with Crippen LogP contribution >= 0.6 is 0 Å². The normalized spacial score (nSPS) is 37.5. The minimum absolute atomic E-state index is 0.258.